The molecule has 0 saturated heterocycles. The van der Waals surface area contributed by atoms with Crippen LogP contribution in [-0.4, -0.2) is 96.3 Å². The Kier molecular flexibility index (Phi) is 57.6. The fourth-order valence-corrected chi connectivity index (χ4v) is 9.20. The van der Waals surface area contributed by atoms with E-state index in [1.807, 2.05) is 0 Å². The van der Waals surface area contributed by atoms with Crippen LogP contribution < -0.4 is 5.32 Å². The summed E-state index contributed by atoms with van der Waals surface area (Å²) in [5, 5.41) is 36.4. The van der Waals surface area contributed by atoms with E-state index in [9.17, 15) is 15.3 Å². The third-order valence-corrected chi connectivity index (χ3v) is 14.0. The molecular weight excluding hydrogens is 871 g/mol. The highest BCUT2D eigenvalue weighted by atomic mass is 16.3. The van der Waals surface area contributed by atoms with Gasteiger partial charge in [-0.2, -0.15) is 0 Å². The number of aliphatic hydroxyl groups excluding tert-OH is 3. The van der Waals surface area contributed by atoms with E-state index in [-0.39, 0.29) is 18.3 Å². The van der Waals surface area contributed by atoms with Gasteiger partial charge in [-0.05, 0) is 123 Å². The van der Waals surface area contributed by atoms with Gasteiger partial charge in [0.15, 0.2) is 0 Å². The van der Waals surface area contributed by atoms with Gasteiger partial charge >= 0.3 is 0 Å². The van der Waals surface area contributed by atoms with Crippen LogP contribution in [0.15, 0.2) is 72.9 Å². The first-order valence-corrected chi connectivity index (χ1v) is 31.0. The first-order chi connectivity index (χ1) is 34.9. The minimum absolute atomic E-state index is 0.282. The summed E-state index contributed by atoms with van der Waals surface area (Å²) in [5.41, 5.74) is 0. The molecule has 0 aliphatic rings. The smallest absolute Gasteiger partial charge is 0.0667 e. The third-order valence-electron chi connectivity index (χ3n) is 14.0. The van der Waals surface area contributed by atoms with Crippen molar-refractivity contribution in [3.05, 3.63) is 72.9 Å². The van der Waals surface area contributed by atoms with E-state index in [0.29, 0.717) is 19.6 Å². The van der Waals surface area contributed by atoms with Crippen molar-refractivity contribution in [3.63, 3.8) is 0 Å². The number of rotatable bonds is 57. The van der Waals surface area contributed by atoms with Crippen LogP contribution in [0.2, 0.25) is 0 Å². The fraction of sp³-hybridized carbons (Fsp3) is 0.815. The number of aliphatic hydroxyl groups is 3. The zero-order valence-corrected chi connectivity index (χ0v) is 47.9. The Labute approximate surface area is 443 Å². The minimum Gasteiger partial charge on any atom is -0.392 e. The molecule has 0 aliphatic carbocycles. The molecule has 0 fully saturated rings. The first-order valence-electron chi connectivity index (χ1n) is 31.0. The van der Waals surface area contributed by atoms with E-state index < -0.39 is 0 Å². The Hall–Kier alpha value is -1.80. The number of hydrogen-bond acceptors (Lipinski definition) is 6. The maximum atomic E-state index is 11.2. The van der Waals surface area contributed by atoms with Gasteiger partial charge in [0.1, 0.15) is 0 Å². The molecule has 0 aromatic carbocycles. The van der Waals surface area contributed by atoms with Gasteiger partial charge in [-0.15, -0.1) is 0 Å². The van der Waals surface area contributed by atoms with Crippen molar-refractivity contribution in [2.75, 3.05) is 52.9 Å². The van der Waals surface area contributed by atoms with Crippen molar-refractivity contribution in [1.82, 2.24) is 15.1 Å². The molecule has 4 N–H and O–H groups in total. The molecular formula is C65H123N3O3. The maximum Gasteiger partial charge on any atom is 0.0667 e. The molecule has 0 rings (SSSR count). The van der Waals surface area contributed by atoms with Crippen molar-refractivity contribution in [2.45, 2.75) is 289 Å². The molecule has 0 spiro atoms. The molecule has 0 saturated carbocycles. The lowest BCUT2D eigenvalue weighted by Crippen LogP contribution is -2.43. The van der Waals surface area contributed by atoms with E-state index in [2.05, 4.69) is 116 Å². The van der Waals surface area contributed by atoms with Gasteiger partial charge in [-0.25, -0.2) is 0 Å². The predicted molar refractivity (Wildman–Crippen MR) is 317 cm³/mol. The molecule has 0 aromatic rings. The van der Waals surface area contributed by atoms with Crippen molar-refractivity contribution in [3.8, 4) is 0 Å². The van der Waals surface area contributed by atoms with E-state index in [1.165, 1.54) is 193 Å². The van der Waals surface area contributed by atoms with Gasteiger partial charge in [-0.3, -0.25) is 4.90 Å². The van der Waals surface area contributed by atoms with Gasteiger partial charge in [0.2, 0.25) is 0 Å². The van der Waals surface area contributed by atoms with E-state index in [4.69, 9.17) is 0 Å². The molecule has 0 aliphatic heterocycles. The molecule has 0 aromatic heterocycles. The summed E-state index contributed by atoms with van der Waals surface area (Å²) < 4.78 is 0. The molecule has 416 valence electrons. The standard InChI is InChI=1S/C65H123N3O3/c1-5-8-11-14-17-20-23-26-29-32-35-38-41-44-47-50-53-63(69)60-66-56-57-67(4)58-59-68(61-64(70)54-51-48-45-42-39-36-33-30-27-24-21-18-15-12-9-6-2)62-65(71)55-52-49-46-43-40-37-34-31-28-25-22-19-16-13-10-7-3/h20-25,29-34,63-66,69-71H,5-19,26-28,35-62H2,1-4H3/b23-20-,24-21-,25-22-,32-29-,33-30-,34-31-. The van der Waals surface area contributed by atoms with Crippen molar-refractivity contribution in [2.24, 2.45) is 0 Å². The van der Waals surface area contributed by atoms with Gasteiger partial charge in [0.25, 0.3) is 0 Å². The molecule has 0 amide bonds. The van der Waals surface area contributed by atoms with Gasteiger partial charge < -0.3 is 25.5 Å². The van der Waals surface area contributed by atoms with Gasteiger partial charge in [0.05, 0.1) is 18.3 Å². The SMILES string of the molecule is CCCCCC/C=C\C/C=C\CCCCCCCC(O)CNCCN(C)CCN(CC(O)CCCCCCC/C=C\C/C=C\CCCCCC)CC(O)CCCCCCC/C=C\C/C=C\CCCCCC. The van der Waals surface area contributed by atoms with Gasteiger partial charge in [0, 0.05) is 45.8 Å². The largest absolute Gasteiger partial charge is 0.392 e. The highest BCUT2D eigenvalue weighted by molar-refractivity contribution is 4.94. The van der Waals surface area contributed by atoms with Crippen LogP contribution in [0, 0.1) is 0 Å². The highest BCUT2D eigenvalue weighted by Gasteiger charge is 2.17. The van der Waals surface area contributed by atoms with Crippen LogP contribution in [-0.2, 0) is 0 Å². The number of likely N-dealkylation sites (N-methyl/N-ethyl adjacent to an activating group) is 1. The lowest BCUT2D eigenvalue weighted by atomic mass is 10.1. The Balaban J connectivity index is 4.47. The van der Waals surface area contributed by atoms with Crippen molar-refractivity contribution >= 4 is 0 Å². The highest BCUT2D eigenvalue weighted by Crippen LogP contribution is 2.15. The molecule has 6 nitrogen and oxygen atoms in total. The summed E-state index contributed by atoms with van der Waals surface area (Å²) in [6.07, 6.45) is 74.1. The molecule has 6 heteroatoms. The summed E-state index contributed by atoms with van der Waals surface area (Å²) >= 11 is 0. The zero-order valence-electron chi connectivity index (χ0n) is 47.9. The second-order valence-corrected chi connectivity index (χ2v) is 21.3. The summed E-state index contributed by atoms with van der Waals surface area (Å²) in [4.78, 5) is 4.66. The lowest BCUT2D eigenvalue weighted by molar-refractivity contribution is 0.0563. The molecule has 0 bridgehead atoms. The van der Waals surface area contributed by atoms with Crippen LogP contribution in [0.25, 0.3) is 0 Å². The number of unbranched alkanes of at least 4 members (excludes halogenated alkanes) is 27. The number of allylic oxidation sites excluding steroid dienone is 12. The number of nitrogens with one attached hydrogen (secondary N) is 1. The lowest BCUT2D eigenvalue weighted by Gasteiger charge is -2.29. The van der Waals surface area contributed by atoms with Crippen LogP contribution in [0.4, 0.5) is 0 Å². The Bertz CT molecular complexity index is 1160. The average molecular weight is 995 g/mol. The van der Waals surface area contributed by atoms with Crippen LogP contribution >= 0.6 is 0 Å². The minimum atomic E-state index is -0.358. The topological polar surface area (TPSA) is 79.2 Å². The second kappa shape index (κ2) is 59.1. The van der Waals surface area contributed by atoms with E-state index >= 15 is 0 Å². The average Bonchev–Trinajstić information content (AvgIpc) is 3.36. The maximum absolute atomic E-state index is 11.2. The molecule has 0 heterocycles. The van der Waals surface area contributed by atoms with Gasteiger partial charge in [-0.1, -0.05) is 229 Å². The Morgan fingerprint density at radius 1 is 0.338 bits per heavy atom. The monoisotopic (exact) mass is 994 g/mol. The summed E-state index contributed by atoms with van der Waals surface area (Å²) in [5.74, 6) is 0. The Morgan fingerprint density at radius 2 is 0.634 bits per heavy atom. The van der Waals surface area contributed by atoms with E-state index in [0.717, 1.165) is 84.0 Å². The van der Waals surface area contributed by atoms with Crippen LogP contribution in [0.1, 0.15) is 271 Å². The molecule has 3 unspecified atom stereocenters. The second-order valence-electron chi connectivity index (χ2n) is 21.3. The predicted octanol–water partition coefficient (Wildman–Crippen LogP) is 17.5. The zero-order chi connectivity index (χ0) is 51.6. The summed E-state index contributed by atoms with van der Waals surface area (Å²) in [7, 11) is 2.17. The summed E-state index contributed by atoms with van der Waals surface area (Å²) in [6, 6.07) is 0. The van der Waals surface area contributed by atoms with Crippen molar-refractivity contribution < 1.29 is 15.3 Å². The number of nitrogens with zero attached hydrogens (tertiary/aromatic N) is 2. The van der Waals surface area contributed by atoms with Crippen LogP contribution in [0.3, 0.4) is 0 Å². The first kappa shape index (κ1) is 69.2. The normalized spacial score (nSPS) is 14.0. The van der Waals surface area contributed by atoms with E-state index in [1.54, 1.807) is 0 Å². The number of hydrogen-bond donors (Lipinski definition) is 4. The molecule has 71 heavy (non-hydrogen) atoms. The fourth-order valence-electron chi connectivity index (χ4n) is 9.20. The Morgan fingerprint density at radius 3 is 0.972 bits per heavy atom. The third kappa shape index (κ3) is 57.3. The van der Waals surface area contributed by atoms with Crippen molar-refractivity contribution in [1.29, 1.82) is 0 Å². The quantitative estimate of drug-likeness (QED) is 0.0359. The summed E-state index contributed by atoms with van der Waals surface area (Å²) in [6.45, 7) is 12.2. The molecule has 3 atom stereocenters. The van der Waals surface area contributed by atoms with Crippen LogP contribution in [0.5, 0.6) is 0 Å². The molecule has 0 radical (unpaired) electrons.